The molecule has 3 fully saturated rings. The van der Waals surface area contributed by atoms with Crippen molar-refractivity contribution in [3.05, 3.63) is 11.6 Å². The zero-order valence-electron chi connectivity index (χ0n) is 10.4. The zero-order valence-corrected chi connectivity index (χ0v) is 10.4. The Bertz CT molecular complexity index is 459. The van der Waals surface area contributed by atoms with Gasteiger partial charge < -0.3 is 5.32 Å². The summed E-state index contributed by atoms with van der Waals surface area (Å²) in [5.74, 6) is 3.05. The smallest absolute Gasteiger partial charge is 0.291 e. The van der Waals surface area contributed by atoms with Crippen molar-refractivity contribution in [2.75, 3.05) is 0 Å². The summed E-state index contributed by atoms with van der Waals surface area (Å²) < 4.78 is 0. The number of nitrogens with one attached hydrogen (secondary N) is 2. The molecule has 1 heterocycles. The number of hydrogen-bond donors (Lipinski definition) is 2. The molecule has 5 nitrogen and oxygen atoms in total. The van der Waals surface area contributed by atoms with Crippen LogP contribution in [0.1, 0.15) is 60.9 Å². The van der Waals surface area contributed by atoms with Crippen molar-refractivity contribution in [1.82, 2.24) is 20.5 Å². The van der Waals surface area contributed by atoms with E-state index in [1.807, 2.05) is 0 Å². The van der Waals surface area contributed by atoms with Gasteiger partial charge in [-0.05, 0) is 50.4 Å². The first-order valence-electron chi connectivity index (χ1n) is 7.04. The molecule has 3 aliphatic rings. The molecule has 0 atom stereocenters. The molecule has 1 amide bonds. The average Bonchev–Trinajstić information content (AvgIpc) is 3.23. The molecule has 18 heavy (non-hydrogen) atoms. The van der Waals surface area contributed by atoms with Gasteiger partial charge in [0, 0.05) is 12.0 Å². The van der Waals surface area contributed by atoms with E-state index in [4.69, 9.17) is 0 Å². The molecule has 3 saturated carbocycles. The lowest BCUT2D eigenvalue weighted by Gasteiger charge is -2.16. The van der Waals surface area contributed by atoms with Crippen LogP contribution in [0.25, 0.3) is 0 Å². The number of amides is 1. The third-order valence-corrected chi connectivity index (χ3v) is 4.23. The van der Waals surface area contributed by atoms with Gasteiger partial charge in [-0.3, -0.25) is 9.89 Å². The molecule has 4 rings (SSSR count). The lowest BCUT2D eigenvalue weighted by molar-refractivity contribution is 0.0916. The van der Waals surface area contributed by atoms with Crippen molar-refractivity contribution < 1.29 is 4.79 Å². The van der Waals surface area contributed by atoms with Crippen molar-refractivity contribution in [3.63, 3.8) is 0 Å². The summed E-state index contributed by atoms with van der Waals surface area (Å²) in [5, 5.41) is 10.1. The van der Waals surface area contributed by atoms with Crippen molar-refractivity contribution in [1.29, 1.82) is 0 Å². The second-order valence-electron chi connectivity index (χ2n) is 5.99. The van der Waals surface area contributed by atoms with E-state index in [0.717, 1.165) is 5.82 Å². The fourth-order valence-corrected chi connectivity index (χ4v) is 2.66. The maximum absolute atomic E-state index is 12.1. The highest BCUT2D eigenvalue weighted by molar-refractivity contribution is 5.90. The first kappa shape index (κ1) is 10.5. The number of hydrogen-bond acceptors (Lipinski definition) is 3. The van der Waals surface area contributed by atoms with E-state index < -0.39 is 0 Å². The molecular formula is C13H18N4O. The van der Waals surface area contributed by atoms with Crippen molar-refractivity contribution in [3.8, 4) is 0 Å². The molecule has 3 aliphatic carbocycles. The monoisotopic (exact) mass is 246 g/mol. The van der Waals surface area contributed by atoms with E-state index in [2.05, 4.69) is 20.5 Å². The highest BCUT2D eigenvalue weighted by Crippen LogP contribution is 2.44. The van der Waals surface area contributed by atoms with Crippen LogP contribution < -0.4 is 5.32 Å². The van der Waals surface area contributed by atoms with E-state index in [1.165, 1.54) is 38.5 Å². The largest absolute Gasteiger partial charge is 0.346 e. The maximum atomic E-state index is 12.1. The molecule has 0 unspecified atom stereocenters. The van der Waals surface area contributed by atoms with Gasteiger partial charge >= 0.3 is 0 Å². The summed E-state index contributed by atoms with van der Waals surface area (Å²) >= 11 is 0. The molecule has 1 aromatic heterocycles. The topological polar surface area (TPSA) is 70.7 Å². The normalized spacial score (nSPS) is 23.4. The van der Waals surface area contributed by atoms with Crippen LogP contribution in [0.15, 0.2) is 0 Å². The Balaban J connectivity index is 1.44. The van der Waals surface area contributed by atoms with Gasteiger partial charge in [-0.1, -0.05) is 0 Å². The van der Waals surface area contributed by atoms with Crippen LogP contribution in [0, 0.1) is 11.8 Å². The Morgan fingerprint density at radius 3 is 2.39 bits per heavy atom. The Kier molecular flexibility index (Phi) is 2.22. The van der Waals surface area contributed by atoms with Gasteiger partial charge in [-0.2, -0.15) is 0 Å². The number of carbonyl (C=O) groups excluding carboxylic acids is 1. The number of aromatic amines is 1. The van der Waals surface area contributed by atoms with Gasteiger partial charge in [-0.25, -0.2) is 4.98 Å². The number of nitrogens with zero attached hydrogens (tertiary/aromatic N) is 2. The number of aromatic nitrogens is 3. The van der Waals surface area contributed by atoms with Crippen molar-refractivity contribution in [2.45, 2.75) is 50.5 Å². The molecule has 0 radical (unpaired) electrons. The second kappa shape index (κ2) is 3.80. The summed E-state index contributed by atoms with van der Waals surface area (Å²) in [6.07, 6.45) is 7.41. The van der Waals surface area contributed by atoms with Gasteiger partial charge in [0.15, 0.2) is 0 Å². The van der Waals surface area contributed by atoms with E-state index in [1.54, 1.807) is 0 Å². The summed E-state index contributed by atoms with van der Waals surface area (Å²) in [6.45, 7) is 0. The molecule has 0 aromatic carbocycles. The fraction of sp³-hybridized carbons (Fsp3) is 0.769. The van der Waals surface area contributed by atoms with Crippen LogP contribution in [0.3, 0.4) is 0 Å². The Morgan fingerprint density at radius 1 is 1.17 bits per heavy atom. The highest BCUT2D eigenvalue weighted by Gasteiger charge is 2.42. The first-order valence-corrected chi connectivity index (χ1v) is 7.04. The predicted octanol–water partition coefficient (Wildman–Crippen LogP) is 1.60. The molecule has 0 bridgehead atoms. The number of H-pyrrole nitrogens is 1. The van der Waals surface area contributed by atoms with Crippen LogP contribution in [0.4, 0.5) is 0 Å². The van der Waals surface area contributed by atoms with E-state index >= 15 is 0 Å². The highest BCUT2D eigenvalue weighted by atomic mass is 16.2. The third-order valence-electron chi connectivity index (χ3n) is 4.23. The molecule has 0 saturated heterocycles. The van der Waals surface area contributed by atoms with Crippen molar-refractivity contribution >= 4 is 5.91 Å². The lowest BCUT2D eigenvalue weighted by atomic mass is 10.1. The second-order valence-corrected chi connectivity index (χ2v) is 5.99. The molecule has 0 aliphatic heterocycles. The van der Waals surface area contributed by atoms with Gasteiger partial charge in [0.25, 0.3) is 5.91 Å². The fourth-order valence-electron chi connectivity index (χ4n) is 2.66. The van der Waals surface area contributed by atoms with Crippen LogP contribution in [-0.4, -0.2) is 27.1 Å². The molecule has 0 spiro atoms. The minimum Gasteiger partial charge on any atom is -0.346 e. The first-order chi connectivity index (χ1) is 8.81. The lowest BCUT2D eigenvalue weighted by Crippen LogP contribution is -2.38. The third kappa shape index (κ3) is 2.02. The molecule has 2 N–H and O–H groups in total. The molecule has 5 heteroatoms. The van der Waals surface area contributed by atoms with Crippen LogP contribution in [0.5, 0.6) is 0 Å². The van der Waals surface area contributed by atoms with Gasteiger partial charge in [0.1, 0.15) is 5.82 Å². The quantitative estimate of drug-likeness (QED) is 0.829. The molecule has 96 valence electrons. The predicted molar refractivity (Wildman–Crippen MR) is 65.1 cm³/mol. The zero-order chi connectivity index (χ0) is 12.1. The number of carbonyl (C=O) groups is 1. The summed E-state index contributed by atoms with van der Waals surface area (Å²) in [6, 6.07) is 0.375. The maximum Gasteiger partial charge on any atom is 0.291 e. The molecule has 1 aromatic rings. The summed E-state index contributed by atoms with van der Waals surface area (Å²) in [7, 11) is 0. The summed E-state index contributed by atoms with van der Waals surface area (Å²) in [5.41, 5.74) is 0. The standard InChI is InChI=1S/C13H18N4O/c18-13(12-15-11(16-17-12)9-5-6-9)14-10(7-1-2-7)8-3-4-8/h7-10H,1-6H2,(H,14,18)(H,15,16,17). The Labute approximate surface area is 106 Å². The Morgan fingerprint density at radius 2 is 1.83 bits per heavy atom. The van der Waals surface area contributed by atoms with E-state index in [9.17, 15) is 4.79 Å². The van der Waals surface area contributed by atoms with Gasteiger partial charge in [0.2, 0.25) is 5.82 Å². The van der Waals surface area contributed by atoms with E-state index in [-0.39, 0.29) is 5.91 Å². The van der Waals surface area contributed by atoms with Gasteiger partial charge in [-0.15, -0.1) is 5.10 Å². The SMILES string of the molecule is O=C(NC(C1CC1)C1CC1)c1n[nH]c(C2CC2)n1. The Hall–Kier alpha value is -1.39. The van der Waals surface area contributed by atoms with Crippen LogP contribution in [0.2, 0.25) is 0 Å². The van der Waals surface area contributed by atoms with Crippen LogP contribution >= 0.6 is 0 Å². The number of rotatable bonds is 5. The van der Waals surface area contributed by atoms with E-state index in [0.29, 0.717) is 29.6 Å². The molecular weight excluding hydrogens is 228 g/mol. The van der Waals surface area contributed by atoms with Crippen molar-refractivity contribution in [2.24, 2.45) is 11.8 Å². The minimum absolute atomic E-state index is 0.0954. The van der Waals surface area contributed by atoms with Crippen LogP contribution in [-0.2, 0) is 0 Å². The summed E-state index contributed by atoms with van der Waals surface area (Å²) in [4.78, 5) is 16.4. The average molecular weight is 246 g/mol. The van der Waals surface area contributed by atoms with Gasteiger partial charge in [0.05, 0.1) is 0 Å². The minimum atomic E-state index is -0.0954.